The summed E-state index contributed by atoms with van der Waals surface area (Å²) in [6.45, 7) is 0. The van der Waals surface area contributed by atoms with Gasteiger partial charge in [0.15, 0.2) is 15.7 Å². The summed E-state index contributed by atoms with van der Waals surface area (Å²) in [4.78, 5) is 8.93. The molecule has 3 aromatic rings. The van der Waals surface area contributed by atoms with Crippen LogP contribution in [0.2, 0.25) is 0 Å². The summed E-state index contributed by atoms with van der Waals surface area (Å²) >= 11 is 2.70. The summed E-state index contributed by atoms with van der Waals surface area (Å²) in [5.41, 5.74) is -0.722. The molecule has 0 atom stereocenters. The summed E-state index contributed by atoms with van der Waals surface area (Å²) < 4.78 is 62.7. The second kappa shape index (κ2) is 7.61. The molecule has 1 aromatic carbocycles. The second-order valence-electron chi connectivity index (χ2n) is 5.58. The van der Waals surface area contributed by atoms with Gasteiger partial charge in [0, 0.05) is 28.5 Å². The Morgan fingerprint density at radius 3 is 2.37 bits per heavy atom. The molecule has 0 bridgehead atoms. The summed E-state index contributed by atoms with van der Waals surface area (Å²) in [6.07, 6.45) is -3.55. The predicted octanol–water partition coefficient (Wildman–Crippen LogP) is 4.92. The van der Waals surface area contributed by atoms with Crippen molar-refractivity contribution >= 4 is 32.9 Å². The fourth-order valence-electron chi connectivity index (χ4n) is 2.16. The maximum Gasteiger partial charge on any atom is 0.433 e. The standard InChI is InChI=1S/C17H13F3N2O2S3/c1-27(23,24)13-6-4-11(5-7-13)16-21-14(17(18,19)20)9-15(22-16)26-10-12-3-2-8-25-12/h2-9H,10H2,1H3. The summed E-state index contributed by atoms with van der Waals surface area (Å²) in [5.74, 6) is 0.400. The van der Waals surface area contributed by atoms with E-state index < -0.39 is 21.7 Å². The van der Waals surface area contributed by atoms with E-state index in [4.69, 9.17) is 0 Å². The normalized spacial score (nSPS) is 12.3. The van der Waals surface area contributed by atoms with Crippen molar-refractivity contribution in [2.24, 2.45) is 0 Å². The van der Waals surface area contributed by atoms with Gasteiger partial charge in [0.1, 0.15) is 10.7 Å². The number of alkyl halides is 3. The number of nitrogens with zero attached hydrogens (tertiary/aromatic N) is 2. The quantitative estimate of drug-likeness (QED) is 0.425. The first kappa shape index (κ1) is 19.8. The van der Waals surface area contributed by atoms with Crippen LogP contribution >= 0.6 is 23.1 Å². The molecule has 0 aliphatic rings. The van der Waals surface area contributed by atoms with Gasteiger partial charge < -0.3 is 0 Å². The van der Waals surface area contributed by atoms with Gasteiger partial charge in [-0.15, -0.1) is 23.1 Å². The lowest BCUT2D eigenvalue weighted by molar-refractivity contribution is -0.141. The van der Waals surface area contributed by atoms with Gasteiger partial charge in [0.2, 0.25) is 0 Å². The molecule has 0 unspecified atom stereocenters. The fourth-order valence-corrected chi connectivity index (χ4v) is 4.47. The number of rotatable bonds is 5. The van der Waals surface area contributed by atoms with Crippen molar-refractivity contribution in [2.45, 2.75) is 21.9 Å². The molecule has 4 nitrogen and oxygen atoms in total. The number of sulfone groups is 1. The lowest BCUT2D eigenvalue weighted by atomic mass is 10.2. The Labute approximate surface area is 162 Å². The highest BCUT2D eigenvalue weighted by Gasteiger charge is 2.34. The molecule has 0 N–H and O–H groups in total. The van der Waals surface area contributed by atoms with Crippen LogP contribution in [0.15, 0.2) is 57.8 Å². The van der Waals surface area contributed by atoms with Crippen LogP contribution in [-0.2, 0) is 21.8 Å². The van der Waals surface area contributed by atoms with Crippen LogP contribution in [0.4, 0.5) is 13.2 Å². The van der Waals surface area contributed by atoms with E-state index in [1.807, 2.05) is 17.5 Å². The minimum atomic E-state index is -4.61. The lowest BCUT2D eigenvalue weighted by Crippen LogP contribution is -2.10. The molecule has 27 heavy (non-hydrogen) atoms. The number of halogens is 3. The number of benzene rings is 1. The van der Waals surface area contributed by atoms with Gasteiger partial charge in [0.05, 0.1) is 4.90 Å². The Balaban J connectivity index is 1.97. The largest absolute Gasteiger partial charge is 0.433 e. The number of hydrogen-bond donors (Lipinski definition) is 0. The molecule has 0 amide bonds. The van der Waals surface area contributed by atoms with Crippen LogP contribution in [0.3, 0.4) is 0 Å². The van der Waals surface area contributed by atoms with Gasteiger partial charge in [-0.05, 0) is 35.7 Å². The molecule has 2 heterocycles. The number of thiophene rings is 1. The second-order valence-corrected chi connectivity index (χ2v) is 9.62. The summed E-state index contributed by atoms with van der Waals surface area (Å²) in [7, 11) is -3.40. The van der Waals surface area contributed by atoms with E-state index in [-0.39, 0.29) is 15.7 Å². The Bertz CT molecular complexity index is 1030. The maximum absolute atomic E-state index is 13.2. The third-order valence-electron chi connectivity index (χ3n) is 3.48. The first-order valence-electron chi connectivity index (χ1n) is 7.55. The molecule has 3 rings (SSSR count). The molecule has 142 valence electrons. The zero-order valence-electron chi connectivity index (χ0n) is 13.9. The van der Waals surface area contributed by atoms with Gasteiger partial charge >= 0.3 is 6.18 Å². The van der Waals surface area contributed by atoms with Crippen molar-refractivity contribution < 1.29 is 21.6 Å². The van der Waals surface area contributed by atoms with E-state index in [0.29, 0.717) is 11.3 Å². The molecule has 0 saturated heterocycles. The molecule has 0 aliphatic carbocycles. The third-order valence-corrected chi connectivity index (χ3v) is 6.62. The Hall–Kier alpha value is -1.91. The number of thioether (sulfide) groups is 1. The average molecular weight is 430 g/mol. The van der Waals surface area contributed by atoms with Crippen LogP contribution in [0.25, 0.3) is 11.4 Å². The van der Waals surface area contributed by atoms with E-state index in [0.717, 1.165) is 17.2 Å². The highest BCUT2D eigenvalue weighted by Crippen LogP contribution is 2.33. The zero-order valence-corrected chi connectivity index (χ0v) is 16.3. The minimum absolute atomic E-state index is 0.0746. The number of aromatic nitrogens is 2. The van der Waals surface area contributed by atoms with Gasteiger partial charge in [-0.2, -0.15) is 13.2 Å². The predicted molar refractivity (Wildman–Crippen MR) is 99.5 cm³/mol. The molecule has 0 radical (unpaired) electrons. The maximum atomic E-state index is 13.2. The molecule has 0 saturated carbocycles. The first-order chi connectivity index (χ1) is 12.6. The van der Waals surface area contributed by atoms with Gasteiger partial charge in [-0.3, -0.25) is 0 Å². The van der Waals surface area contributed by atoms with E-state index in [1.54, 1.807) is 0 Å². The molecule has 0 spiro atoms. The van der Waals surface area contributed by atoms with Crippen molar-refractivity contribution in [1.82, 2.24) is 9.97 Å². The van der Waals surface area contributed by atoms with E-state index in [1.165, 1.54) is 47.4 Å². The van der Waals surface area contributed by atoms with E-state index >= 15 is 0 Å². The van der Waals surface area contributed by atoms with E-state index in [9.17, 15) is 21.6 Å². The van der Waals surface area contributed by atoms with Crippen LogP contribution in [-0.4, -0.2) is 24.6 Å². The van der Waals surface area contributed by atoms with Crippen molar-refractivity contribution in [1.29, 1.82) is 0 Å². The van der Waals surface area contributed by atoms with E-state index in [2.05, 4.69) is 9.97 Å². The topological polar surface area (TPSA) is 59.9 Å². The fraction of sp³-hybridized carbons (Fsp3) is 0.176. The zero-order chi connectivity index (χ0) is 19.7. The van der Waals surface area contributed by atoms with Gasteiger partial charge in [-0.25, -0.2) is 18.4 Å². The highest BCUT2D eigenvalue weighted by atomic mass is 32.2. The Morgan fingerprint density at radius 1 is 1.11 bits per heavy atom. The summed E-state index contributed by atoms with van der Waals surface area (Å²) in [5, 5.41) is 2.10. The number of hydrogen-bond acceptors (Lipinski definition) is 6. The Kier molecular flexibility index (Phi) is 5.59. The molecule has 10 heteroatoms. The highest BCUT2D eigenvalue weighted by molar-refractivity contribution is 7.98. The lowest BCUT2D eigenvalue weighted by Gasteiger charge is -2.10. The molecule has 0 fully saturated rings. The van der Waals surface area contributed by atoms with Crippen LogP contribution in [0.5, 0.6) is 0 Å². The molecule has 2 aromatic heterocycles. The summed E-state index contributed by atoms with van der Waals surface area (Å²) in [6, 6.07) is 10.1. The minimum Gasteiger partial charge on any atom is -0.224 e. The third kappa shape index (κ3) is 5.08. The van der Waals surface area contributed by atoms with Crippen molar-refractivity contribution in [3.8, 4) is 11.4 Å². The van der Waals surface area contributed by atoms with Crippen molar-refractivity contribution in [2.75, 3.05) is 6.26 Å². The van der Waals surface area contributed by atoms with Crippen molar-refractivity contribution in [3.63, 3.8) is 0 Å². The molecule has 0 aliphatic heterocycles. The van der Waals surface area contributed by atoms with Gasteiger partial charge in [0.25, 0.3) is 0 Å². The van der Waals surface area contributed by atoms with Crippen molar-refractivity contribution in [3.05, 3.63) is 58.4 Å². The van der Waals surface area contributed by atoms with Gasteiger partial charge in [-0.1, -0.05) is 6.07 Å². The molecular formula is C17H13F3N2O2S3. The Morgan fingerprint density at radius 2 is 1.81 bits per heavy atom. The first-order valence-corrected chi connectivity index (χ1v) is 11.3. The average Bonchev–Trinajstić information content (AvgIpc) is 3.12. The van der Waals surface area contributed by atoms with Crippen LogP contribution in [0, 0.1) is 0 Å². The smallest absolute Gasteiger partial charge is 0.224 e. The monoisotopic (exact) mass is 430 g/mol. The van der Waals surface area contributed by atoms with Crippen LogP contribution in [0.1, 0.15) is 10.6 Å². The molecular weight excluding hydrogens is 417 g/mol. The van der Waals surface area contributed by atoms with Crippen LogP contribution < -0.4 is 0 Å². The SMILES string of the molecule is CS(=O)(=O)c1ccc(-c2nc(SCc3cccs3)cc(C(F)(F)F)n2)cc1.